The summed E-state index contributed by atoms with van der Waals surface area (Å²) in [7, 11) is 0. The Kier molecular flexibility index (Phi) is 3.29. The van der Waals surface area contributed by atoms with Gasteiger partial charge in [-0.3, -0.25) is 4.79 Å². The second-order valence-corrected chi connectivity index (χ2v) is 8.09. The highest BCUT2D eigenvalue weighted by atomic mass is 16.1. The van der Waals surface area contributed by atoms with Crippen molar-refractivity contribution in [3.05, 3.63) is 46.0 Å². The van der Waals surface area contributed by atoms with Gasteiger partial charge in [0.2, 0.25) is 0 Å². The zero-order valence-electron chi connectivity index (χ0n) is 14.0. The Morgan fingerprint density at radius 1 is 0.909 bits per heavy atom. The van der Waals surface area contributed by atoms with E-state index in [1.807, 2.05) is 6.08 Å². The molecule has 0 N–H and O–H groups in total. The van der Waals surface area contributed by atoms with Crippen LogP contribution in [0.25, 0.3) is 0 Å². The molecule has 5 rings (SSSR count). The van der Waals surface area contributed by atoms with Gasteiger partial charge in [0.1, 0.15) is 0 Å². The van der Waals surface area contributed by atoms with Crippen molar-refractivity contribution in [3.8, 4) is 0 Å². The molecule has 1 aromatic rings. The molecule has 1 aromatic carbocycles. The van der Waals surface area contributed by atoms with E-state index in [-0.39, 0.29) is 5.78 Å². The third-order valence-electron chi connectivity index (χ3n) is 6.30. The van der Waals surface area contributed by atoms with Crippen molar-refractivity contribution in [2.24, 2.45) is 23.7 Å². The van der Waals surface area contributed by atoms with Crippen molar-refractivity contribution in [2.45, 2.75) is 52.9 Å². The molecule has 0 unspecified atom stereocenters. The van der Waals surface area contributed by atoms with Crippen LogP contribution in [-0.4, -0.2) is 5.78 Å². The molecule has 0 amide bonds. The first-order valence-electron chi connectivity index (χ1n) is 8.85. The SMILES string of the molecule is Cc1cc(C)c(C(=O)C=C2C3CC4CC(C3)CC2C4)c(C)c1. The number of ketones is 1. The Morgan fingerprint density at radius 3 is 1.91 bits per heavy atom. The third-order valence-corrected chi connectivity index (χ3v) is 6.30. The minimum absolute atomic E-state index is 0.248. The summed E-state index contributed by atoms with van der Waals surface area (Å²) in [5, 5.41) is 0. The van der Waals surface area contributed by atoms with E-state index < -0.39 is 0 Å². The van der Waals surface area contributed by atoms with Gasteiger partial charge in [-0.15, -0.1) is 0 Å². The Balaban J connectivity index is 1.67. The van der Waals surface area contributed by atoms with Gasteiger partial charge in [-0.25, -0.2) is 0 Å². The summed E-state index contributed by atoms with van der Waals surface area (Å²) in [6, 6.07) is 4.27. The van der Waals surface area contributed by atoms with Crippen LogP contribution in [0.5, 0.6) is 0 Å². The van der Waals surface area contributed by atoms with Crippen LogP contribution in [0.4, 0.5) is 0 Å². The van der Waals surface area contributed by atoms with Gasteiger partial charge in [-0.05, 0) is 93.7 Å². The lowest BCUT2D eigenvalue weighted by Gasteiger charge is -2.51. The normalized spacial score (nSPS) is 32.4. The Morgan fingerprint density at radius 2 is 1.41 bits per heavy atom. The van der Waals surface area contributed by atoms with Crippen molar-refractivity contribution in [2.75, 3.05) is 0 Å². The first-order chi connectivity index (χ1) is 10.5. The van der Waals surface area contributed by atoms with Crippen LogP contribution in [0.1, 0.15) is 59.2 Å². The fourth-order valence-corrected chi connectivity index (χ4v) is 5.76. The maximum absolute atomic E-state index is 12.9. The molecule has 22 heavy (non-hydrogen) atoms. The van der Waals surface area contributed by atoms with Crippen molar-refractivity contribution >= 4 is 5.78 Å². The first kappa shape index (κ1) is 14.2. The van der Waals surface area contributed by atoms with E-state index in [9.17, 15) is 4.79 Å². The van der Waals surface area contributed by atoms with Crippen molar-refractivity contribution in [1.82, 2.24) is 0 Å². The molecular formula is C21H26O. The van der Waals surface area contributed by atoms with Gasteiger partial charge in [0.15, 0.2) is 5.78 Å². The van der Waals surface area contributed by atoms with Gasteiger partial charge >= 0.3 is 0 Å². The van der Waals surface area contributed by atoms with Crippen LogP contribution in [0.2, 0.25) is 0 Å². The molecule has 4 fully saturated rings. The van der Waals surface area contributed by atoms with E-state index in [4.69, 9.17) is 0 Å². The second kappa shape index (κ2) is 5.08. The Hall–Kier alpha value is -1.37. The molecule has 0 spiro atoms. The van der Waals surface area contributed by atoms with Crippen LogP contribution in [0.15, 0.2) is 23.8 Å². The van der Waals surface area contributed by atoms with Gasteiger partial charge < -0.3 is 0 Å². The minimum Gasteiger partial charge on any atom is -0.289 e. The van der Waals surface area contributed by atoms with Crippen LogP contribution >= 0.6 is 0 Å². The Labute approximate surface area is 133 Å². The molecule has 116 valence electrons. The summed E-state index contributed by atoms with van der Waals surface area (Å²) in [5.41, 5.74) is 5.93. The fourth-order valence-electron chi connectivity index (χ4n) is 5.76. The smallest absolute Gasteiger partial charge is 0.186 e. The molecular weight excluding hydrogens is 268 g/mol. The topological polar surface area (TPSA) is 17.1 Å². The van der Waals surface area contributed by atoms with E-state index in [1.54, 1.807) is 0 Å². The van der Waals surface area contributed by atoms with Gasteiger partial charge in [-0.1, -0.05) is 23.3 Å². The van der Waals surface area contributed by atoms with Gasteiger partial charge in [0, 0.05) is 5.56 Å². The molecule has 4 saturated carbocycles. The molecule has 4 bridgehead atoms. The second-order valence-electron chi connectivity index (χ2n) is 8.09. The number of hydrogen-bond donors (Lipinski definition) is 0. The average molecular weight is 294 g/mol. The van der Waals surface area contributed by atoms with Crippen LogP contribution < -0.4 is 0 Å². The maximum atomic E-state index is 12.9. The number of allylic oxidation sites excluding steroid dienone is 2. The molecule has 0 heterocycles. The molecule has 4 aliphatic carbocycles. The van der Waals surface area contributed by atoms with Gasteiger partial charge in [0.05, 0.1) is 0 Å². The summed E-state index contributed by atoms with van der Waals surface area (Å²) in [5.74, 6) is 3.59. The fraction of sp³-hybridized carbons (Fsp3) is 0.571. The van der Waals surface area contributed by atoms with Crippen LogP contribution in [-0.2, 0) is 0 Å². The highest BCUT2D eigenvalue weighted by molar-refractivity contribution is 6.07. The number of aryl methyl sites for hydroxylation is 3. The lowest BCUT2D eigenvalue weighted by Crippen LogP contribution is -2.40. The first-order valence-corrected chi connectivity index (χ1v) is 8.85. The van der Waals surface area contributed by atoms with E-state index in [2.05, 4.69) is 32.9 Å². The molecule has 0 radical (unpaired) electrons. The van der Waals surface area contributed by atoms with Crippen molar-refractivity contribution in [3.63, 3.8) is 0 Å². The van der Waals surface area contributed by atoms with Crippen molar-refractivity contribution in [1.29, 1.82) is 0 Å². The van der Waals surface area contributed by atoms with E-state index >= 15 is 0 Å². The Bertz CT molecular complexity index is 611. The van der Waals surface area contributed by atoms with Crippen LogP contribution in [0, 0.1) is 44.4 Å². The molecule has 0 saturated heterocycles. The molecule has 0 aromatic heterocycles. The predicted molar refractivity (Wildman–Crippen MR) is 90.1 cm³/mol. The lowest BCUT2D eigenvalue weighted by atomic mass is 9.54. The summed E-state index contributed by atoms with van der Waals surface area (Å²) < 4.78 is 0. The van der Waals surface area contributed by atoms with E-state index in [0.717, 1.165) is 28.5 Å². The predicted octanol–water partition coefficient (Wildman–Crippen LogP) is 5.18. The van der Waals surface area contributed by atoms with Crippen LogP contribution in [0.3, 0.4) is 0 Å². The monoisotopic (exact) mass is 294 g/mol. The highest BCUT2D eigenvalue weighted by Crippen LogP contribution is 2.56. The zero-order valence-corrected chi connectivity index (χ0v) is 14.0. The summed E-state index contributed by atoms with van der Waals surface area (Å²) >= 11 is 0. The number of carbonyl (C=O) groups excluding carboxylic acids is 1. The van der Waals surface area contributed by atoms with E-state index in [1.165, 1.54) is 43.2 Å². The quantitative estimate of drug-likeness (QED) is 0.543. The standard InChI is InChI=1S/C21H26O/c1-12-4-13(2)21(14(3)5-12)20(22)11-19-17-7-15-6-16(9-17)10-18(19)8-15/h4-5,11,15-18H,6-10H2,1-3H3. The largest absolute Gasteiger partial charge is 0.289 e. The maximum Gasteiger partial charge on any atom is 0.186 e. The summed E-state index contributed by atoms with van der Waals surface area (Å²) in [6.07, 6.45) is 8.88. The average Bonchev–Trinajstić information content (AvgIpc) is 2.40. The van der Waals surface area contributed by atoms with Gasteiger partial charge in [-0.2, -0.15) is 0 Å². The number of benzene rings is 1. The lowest BCUT2D eigenvalue weighted by molar-refractivity contribution is 0.0685. The summed E-state index contributed by atoms with van der Waals surface area (Å²) in [6.45, 7) is 6.25. The minimum atomic E-state index is 0.248. The highest BCUT2D eigenvalue weighted by Gasteiger charge is 2.45. The van der Waals surface area contributed by atoms with Gasteiger partial charge in [0.25, 0.3) is 0 Å². The molecule has 4 aliphatic rings. The molecule has 0 aliphatic heterocycles. The molecule has 1 heteroatoms. The zero-order chi connectivity index (χ0) is 15.4. The third kappa shape index (κ3) is 2.26. The van der Waals surface area contributed by atoms with Crippen molar-refractivity contribution < 1.29 is 4.79 Å². The number of carbonyl (C=O) groups is 1. The summed E-state index contributed by atoms with van der Waals surface area (Å²) in [4.78, 5) is 12.9. The number of hydrogen-bond acceptors (Lipinski definition) is 1. The number of rotatable bonds is 2. The molecule has 1 nitrogen and oxygen atoms in total. The molecule has 0 atom stereocenters. The van der Waals surface area contributed by atoms with E-state index in [0.29, 0.717) is 11.8 Å².